The lowest BCUT2D eigenvalue weighted by Gasteiger charge is -2.21. The van der Waals surface area contributed by atoms with Gasteiger partial charge < -0.3 is 33.8 Å². The van der Waals surface area contributed by atoms with E-state index in [2.05, 4.69) is 55.4 Å². The lowest BCUT2D eigenvalue weighted by atomic mass is 9.99. The van der Waals surface area contributed by atoms with E-state index in [0.717, 1.165) is 114 Å². The Kier molecular flexibility index (Phi) is 69.6. The molecule has 0 aromatic carbocycles. The number of esters is 4. The summed E-state index contributed by atoms with van der Waals surface area (Å²) in [6, 6.07) is 0. The summed E-state index contributed by atoms with van der Waals surface area (Å²) in [5.41, 5.74) is 0. The summed E-state index contributed by atoms with van der Waals surface area (Å²) < 4.78 is 68.7. The molecule has 0 aliphatic heterocycles. The van der Waals surface area contributed by atoms with Crippen LogP contribution in [0, 0.1) is 23.7 Å². The maximum atomic E-state index is 13.1. The number of carbonyl (C=O) groups is 4. The molecule has 0 bridgehead atoms. The average molecular weight is 1480 g/mol. The Hall–Kier alpha value is -1.94. The number of phosphoric ester groups is 2. The third kappa shape index (κ3) is 73.4. The van der Waals surface area contributed by atoms with E-state index in [1.165, 1.54) is 218 Å². The third-order valence-corrected chi connectivity index (χ3v) is 21.7. The number of aliphatic hydroxyl groups excluding tert-OH is 1. The van der Waals surface area contributed by atoms with Gasteiger partial charge in [0.1, 0.15) is 19.3 Å². The number of carbonyl (C=O) groups excluding carboxylic acids is 4. The first-order valence-electron chi connectivity index (χ1n) is 42.3. The minimum atomic E-state index is -4.96. The molecule has 0 fully saturated rings. The van der Waals surface area contributed by atoms with Crippen molar-refractivity contribution in [1.82, 2.24) is 0 Å². The smallest absolute Gasteiger partial charge is 0.462 e. The highest BCUT2D eigenvalue weighted by atomic mass is 31.2. The summed E-state index contributed by atoms with van der Waals surface area (Å²) in [7, 11) is -9.92. The molecule has 17 nitrogen and oxygen atoms in total. The SMILES string of the molecule is CCC(C)CCCCCCCCCCCCCCCCCCCCC(=O)O[C@H](COC(=O)CCCCCCCCCCCCC(C)CC)COP(=O)(O)OCC(O)COP(=O)(O)OC[C@@H](COC(=O)CCCCCCCCCC(C)C)OC(=O)CCCCCCCCCCCCCCC(C)C. The predicted molar refractivity (Wildman–Crippen MR) is 414 cm³/mol. The van der Waals surface area contributed by atoms with E-state index >= 15 is 0 Å². The van der Waals surface area contributed by atoms with Crippen LogP contribution in [0.25, 0.3) is 0 Å². The zero-order valence-corrected chi connectivity index (χ0v) is 68.3. The average Bonchev–Trinajstić information content (AvgIpc) is 0.922. The first kappa shape index (κ1) is 99.1. The quantitative estimate of drug-likeness (QED) is 0.0222. The molecule has 0 aromatic heterocycles. The van der Waals surface area contributed by atoms with E-state index in [1.807, 2.05) is 0 Å². The van der Waals surface area contributed by atoms with Gasteiger partial charge in [0, 0.05) is 25.7 Å². The number of rotatable bonds is 79. The number of aliphatic hydroxyl groups is 1. The van der Waals surface area contributed by atoms with Gasteiger partial charge in [-0.2, -0.15) is 0 Å². The van der Waals surface area contributed by atoms with Gasteiger partial charge in [-0.15, -0.1) is 0 Å². The van der Waals surface area contributed by atoms with Crippen LogP contribution in [0.3, 0.4) is 0 Å². The summed E-state index contributed by atoms with van der Waals surface area (Å²) in [6.45, 7) is 14.3. The molecule has 5 unspecified atom stereocenters. The van der Waals surface area contributed by atoms with Crippen LogP contribution in [0.2, 0.25) is 0 Å². The fraction of sp³-hybridized carbons (Fsp3) is 0.951. The molecule has 3 N–H and O–H groups in total. The van der Waals surface area contributed by atoms with E-state index in [9.17, 15) is 43.2 Å². The predicted octanol–water partition coefficient (Wildman–Crippen LogP) is 24.4. The minimum absolute atomic E-state index is 0.106. The van der Waals surface area contributed by atoms with Gasteiger partial charge >= 0.3 is 39.5 Å². The van der Waals surface area contributed by atoms with Crippen molar-refractivity contribution in [3.8, 4) is 0 Å². The molecule has 101 heavy (non-hydrogen) atoms. The van der Waals surface area contributed by atoms with Crippen LogP contribution in [0.15, 0.2) is 0 Å². The highest BCUT2D eigenvalue weighted by Crippen LogP contribution is 2.45. The second-order valence-corrected chi connectivity index (χ2v) is 33.9. The zero-order valence-electron chi connectivity index (χ0n) is 66.5. The molecule has 0 rings (SSSR count). The molecule has 0 amide bonds. The molecule has 600 valence electrons. The first-order valence-corrected chi connectivity index (χ1v) is 45.3. The lowest BCUT2D eigenvalue weighted by molar-refractivity contribution is -0.161. The van der Waals surface area contributed by atoms with Crippen molar-refractivity contribution in [3.63, 3.8) is 0 Å². The summed E-state index contributed by atoms with van der Waals surface area (Å²) in [6.07, 6.45) is 58.3. The van der Waals surface area contributed by atoms with Gasteiger partial charge in [-0.3, -0.25) is 37.3 Å². The Bertz CT molecular complexity index is 1980. The van der Waals surface area contributed by atoms with E-state index in [4.69, 9.17) is 37.0 Å². The van der Waals surface area contributed by atoms with Crippen LogP contribution in [-0.2, 0) is 65.4 Å². The van der Waals surface area contributed by atoms with Crippen molar-refractivity contribution in [1.29, 1.82) is 0 Å². The van der Waals surface area contributed by atoms with Crippen LogP contribution >= 0.6 is 15.6 Å². The molecular formula is C82H160O17P2. The van der Waals surface area contributed by atoms with Crippen LogP contribution in [0.1, 0.15) is 421 Å². The molecule has 0 aromatic rings. The maximum Gasteiger partial charge on any atom is 0.472 e. The van der Waals surface area contributed by atoms with Crippen LogP contribution < -0.4 is 0 Å². The number of hydrogen-bond donors (Lipinski definition) is 3. The Morgan fingerprint density at radius 1 is 0.277 bits per heavy atom. The summed E-state index contributed by atoms with van der Waals surface area (Å²) in [5.74, 6) is 1.05. The first-order chi connectivity index (χ1) is 48.7. The molecule has 0 radical (unpaired) electrons. The molecule has 0 saturated heterocycles. The Balaban J connectivity index is 5.22. The van der Waals surface area contributed by atoms with Gasteiger partial charge in [-0.25, -0.2) is 9.13 Å². The number of phosphoric acid groups is 2. The second kappa shape index (κ2) is 71.0. The number of hydrogen-bond acceptors (Lipinski definition) is 15. The van der Waals surface area contributed by atoms with Gasteiger partial charge in [0.25, 0.3) is 0 Å². The Labute approximate surface area is 619 Å². The molecule has 7 atom stereocenters. The molecule has 0 spiro atoms. The molecule has 0 aliphatic rings. The number of ether oxygens (including phenoxy) is 4. The minimum Gasteiger partial charge on any atom is -0.462 e. The van der Waals surface area contributed by atoms with Gasteiger partial charge in [0.2, 0.25) is 0 Å². The molecule has 19 heteroatoms. The molecule has 0 saturated carbocycles. The van der Waals surface area contributed by atoms with Gasteiger partial charge in [-0.1, -0.05) is 370 Å². The standard InChI is InChI=1S/C82H160O17P2/c1-9-74(7)60-52-44-36-28-22-17-15-13-11-12-14-16-18-23-31-39-48-56-64-81(86)98-77(68-92-79(84)62-54-46-38-30-26-25-29-37-45-53-61-75(8)10-2)70-96-100(88,89)94-66-76(83)67-95-101(90,91)97-71-78(69-93-80(85)63-55-47-41-33-35-43-51-59-73(5)6)99-82(87)65-57-49-40-32-24-20-19-21-27-34-42-50-58-72(3)4/h72-78,83H,9-71H2,1-8H3,(H,88,89)(H,90,91)/t74?,75?,76?,77-,78-/m1/s1. The number of unbranched alkanes of at least 4 members (excludes halogenated alkanes) is 43. The second-order valence-electron chi connectivity index (χ2n) is 31.0. The third-order valence-electron chi connectivity index (χ3n) is 19.8. The Morgan fingerprint density at radius 3 is 0.703 bits per heavy atom. The summed E-state index contributed by atoms with van der Waals surface area (Å²) in [4.78, 5) is 73.0. The highest BCUT2D eigenvalue weighted by Gasteiger charge is 2.30. The summed E-state index contributed by atoms with van der Waals surface area (Å²) >= 11 is 0. The summed E-state index contributed by atoms with van der Waals surface area (Å²) in [5, 5.41) is 10.6. The van der Waals surface area contributed by atoms with E-state index < -0.39 is 97.5 Å². The van der Waals surface area contributed by atoms with E-state index in [1.54, 1.807) is 0 Å². The fourth-order valence-electron chi connectivity index (χ4n) is 12.5. The van der Waals surface area contributed by atoms with Crippen molar-refractivity contribution < 1.29 is 80.2 Å². The van der Waals surface area contributed by atoms with Gasteiger partial charge in [0.05, 0.1) is 26.4 Å². The molecular weight excluding hydrogens is 1320 g/mol. The highest BCUT2D eigenvalue weighted by molar-refractivity contribution is 7.47. The van der Waals surface area contributed by atoms with Gasteiger partial charge in [-0.05, 0) is 49.4 Å². The van der Waals surface area contributed by atoms with Crippen LogP contribution in [-0.4, -0.2) is 96.7 Å². The zero-order chi connectivity index (χ0) is 74.6. The fourth-order valence-corrected chi connectivity index (χ4v) is 14.1. The monoisotopic (exact) mass is 1480 g/mol. The van der Waals surface area contributed by atoms with Crippen molar-refractivity contribution in [2.75, 3.05) is 39.6 Å². The topological polar surface area (TPSA) is 237 Å². The molecule has 0 heterocycles. The Morgan fingerprint density at radius 2 is 0.475 bits per heavy atom. The molecule has 0 aliphatic carbocycles. The maximum absolute atomic E-state index is 13.1. The van der Waals surface area contributed by atoms with E-state index in [0.29, 0.717) is 31.6 Å². The van der Waals surface area contributed by atoms with E-state index in [-0.39, 0.29) is 25.7 Å². The van der Waals surface area contributed by atoms with Crippen molar-refractivity contribution in [3.05, 3.63) is 0 Å². The largest absolute Gasteiger partial charge is 0.472 e. The van der Waals surface area contributed by atoms with Crippen molar-refractivity contribution >= 4 is 39.5 Å². The van der Waals surface area contributed by atoms with Crippen LogP contribution in [0.4, 0.5) is 0 Å². The normalized spacial score (nSPS) is 14.5. The van der Waals surface area contributed by atoms with Gasteiger partial charge in [0.15, 0.2) is 12.2 Å². The van der Waals surface area contributed by atoms with Crippen LogP contribution in [0.5, 0.6) is 0 Å². The van der Waals surface area contributed by atoms with Crippen molar-refractivity contribution in [2.45, 2.75) is 440 Å². The van der Waals surface area contributed by atoms with Crippen molar-refractivity contribution in [2.24, 2.45) is 23.7 Å². The lowest BCUT2D eigenvalue weighted by Crippen LogP contribution is -2.30.